The van der Waals surface area contributed by atoms with Crippen molar-refractivity contribution < 1.29 is 31.9 Å². The fraction of sp³-hybridized carbons (Fsp3) is 0.227. The summed E-state index contributed by atoms with van der Waals surface area (Å²) < 4.78 is 59.0. The van der Waals surface area contributed by atoms with E-state index < -0.39 is 41.1 Å². The maximum absolute atomic E-state index is 13.5. The molecule has 8 nitrogen and oxygen atoms in total. The molecule has 1 heterocycles. The predicted octanol–water partition coefficient (Wildman–Crippen LogP) is 3.30. The summed E-state index contributed by atoms with van der Waals surface area (Å²) in [6.45, 7) is 0.937. The van der Waals surface area contributed by atoms with E-state index in [9.17, 15) is 27.2 Å². The highest BCUT2D eigenvalue weighted by Gasteiger charge is 2.41. The van der Waals surface area contributed by atoms with E-state index in [1.165, 1.54) is 25.3 Å². The van der Waals surface area contributed by atoms with Crippen molar-refractivity contribution in [2.24, 2.45) is 5.73 Å². The van der Waals surface area contributed by atoms with E-state index in [0.29, 0.717) is 5.56 Å². The number of nitrogens with zero attached hydrogens (tertiary/aromatic N) is 2. The Morgan fingerprint density at radius 2 is 1.82 bits per heavy atom. The summed E-state index contributed by atoms with van der Waals surface area (Å²) in [5.74, 6) is -4.01. The quantitative estimate of drug-likeness (QED) is 0.449. The van der Waals surface area contributed by atoms with Crippen LogP contribution >= 0.6 is 0 Å². The van der Waals surface area contributed by atoms with Gasteiger partial charge in [0.2, 0.25) is 0 Å². The van der Waals surface area contributed by atoms with E-state index in [1.807, 2.05) is 0 Å². The lowest BCUT2D eigenvalue weighted by atomic mass is 10.1. The van der Waals surface area contributed by atoms with Crippen LogP contribution in [0.2, 0.25) is 0 Å². The molecule has 1 unspecified atom stereocenters. The van der Waals surface area contributed by atoms with Gasteiger partial charge in [0.15, 0.2) is 5.69 Å². The number of amides is 2. The first-order valence-corrected chi connectivity index (χ1v) is 9.90. The largest absolute Gasteiger partial charge is 0.496 e. The molecule has 0 fully saturated rings. The number of methoxy groups -OCH3 is 1. The van der Waals surface area contributed by atoms with Gasteiger partial charge in [0.05, 0.1) is 35.7 Å². The van der Waals surface area contributed by atoms with Gasteiger partial charge in [-0.1, -0.05) is 12.1 Å². The van der Waals surface area contributed by atoms with Gasteiger partial charge in [0, 0.05) is 6.54 Å². The van der Waals surface area contributed by atoms with Crippen LogP contribution in [-0.4, -0.2) is 34.9 Å². The standard InChI is InChI=1S/C22H21F4N5O3/c1-11(22(24,25)26)18-17(27)19(20(28)32)31(30-18)14-6-3-12(4-7-14)10-29-21(33)15-9-13(23)5-8-16(15)34-2/h3-9,11H,10,27H2,1-2H3,(H2,28,32)(H,29,33). The first kappa shape index (κ1) is 24.6. The SMILES string of the molecule is COc1ccc(F)cc1C(=O)NCc1ccc(-n2nc(C(C)C(F)(F)F)c(N)c2C(N)=O)cc1. The highest BCUT2D eigenvalue weighted by molar-refractivity contribution is 5.98. The van der Waals surface area contributed by atoms with Crippen molar-refractivity contribution in [3.8, 4) is 11.4 Å². The molecule has 0 aliphatic carbocycles. The number of primary amides is 1. The molecule has 2 amide bonds. The third kappa shape index (κ3) is 4.95. The first-order chi connectivity index (χ1) is 15.9. The lowest BCUT2D eigenvalue weighted by Gasteiger charge is -2.13. The molecule has 5 N–H and O–H groups in total. The minimum atomic E-state index is -4.62. The molecular formula is C22H21F4N5O3. The summed E-state index contributed by atoms with van der Waals surface area (Å²) in [5.41, 5.74) is 10.6. The number of alkyl halides is 3. The molecule has 12 heteroatoms. The van der Waals surface area contributed by atoms with Gasteiger partial charge in [-0.15, -0.1) is 0 Å². The van der Waals surface area contributed by atoms with Gasteiger partial charge >= 0.3 is 6.18 Å². The summed E-state index contributed by atoms with van der Waals surface area (Å²) in [6.07, 6.45) is -4.62. The maximum Gasteiger partial charge on any atom is 0.397 e. The molecule has 1 atom stereocenters. The van der Waals surface area contributed by atoms with Crippen LogP contribution in [-0.2, 0) is 6.54 Å². The Labute approximate surface area is 191 Å². The zero-order valence-electron chi connectivity index (χ0n) is 18.1. The van der Waals surface area contributed by atoms with Crippen LogP contribution in [0, 0.1) is 5.82 Å². The highest BCUT2D eigenvalue weighted by Crippen LogP contribution is 2.37. The fourth-order valence-electron chi connectivity index (χ4n) is 3.24. The topological polar surface area (TPSA) is 125 Å². The third-order valence-electron chi connectivity index (χ3n) is 5.13. The normalized spacial score (nSPS) is 12.3. The Morgan fingerprint density at radius 1 is 1.18 bits per heavy atom. The highest BCUT2D eigenvalue weighted by atomic mass is 19.4. The van der Waals surface area contributed by atoms with Crippen LogP contribution < -0.4 is 21.5 Å². The molecule has 0 saturated heterocycles. The number of nitrogen functional groups attached to an aromatic ring is 1. The molecule has 0 radical (unpaired) electrons. The second-order valence-corrected chi connectivity index (χ2v) is 7.38. The number of carbonyl (C=O) groups is 2. The monoisotopic (exact) mass is 479 g/mol. The van der Waals surface area contributed by atoms with Crippen LogP contribution in [0.1, 0.15) is 44.9 Å². The van der Waals surface area contributed by atoms with Crippen molar-refractivity contribution in [2.45, 2.75) is 25.6 Å². The van der Waals surface area contributed by atoms with Crippen molar-refractivity contribution >= 4 is 17.5 Å². The Hall–Kier alpha value is -4.09. The number of rotatable bonds is 7. The van der Waals surface area contributed by atoms with Crippen molar-refractivity contribution in [1.82, 2.24) is 15.1 Å². The number of hydrogen-bond acceptors (Lipinski definition) is 5. The molecule has 0 spiro atoms. The van der Waals surface area contributed by atoms with Gasteiger partial charge in [-0.05, 0) is 42.8 Å². The Morgan fingerprint density at radius 3 is 2.38 bits per heavy atom. The molecule has 180 valence electrons. The van der Waals surface area contributed by atoms with Gasteiger partial charge < -0.3 is 21.5 Å². The van der Waals surface area contributed by atoms with E-state index in [2.05, 4.69) is 10.4 Å². The summed E-state index contributed by atoms with van der Waals surface area (Å²) in [6, 6.07) is 9.62. The number of aromatic nitrogens is 2. The average molecular weight is 479 g/mol. The number of nitrogens with two attached hydrogens (primary N) is 2. The molecular weight excluding hydrogens is 458 g/mol. The lowest BCUT2D eigenvalue weighted by Crippen LogP contribution is -2.23. The van der Waals surface area contributed by atoms with E-state index in [1.54, 1.807) is 12.1 Å². The van der Waals surface area contributed by atoms with Crippen LogP contribution in [0.15, 0.2) is 42.5 Å². The van der Waals surface area contributed by atoms with E-state index in [-0.39, 0.29) is 29.2 Å². The number of hydrogen-bond donors (Lipinski definition) is 3. The summed E-state index contributed by atoms with van der Waals surface area (Å²) in [4.78, 5) is 24.3. The zero-order chi connectivity index (χ0) is 25.2. The predicted molar refractivity (Wildman–Crippen MR) is 115 cm³/mol. The van der Waals surface area contributed by atoms with E-state index in [4.69, 9.17) is 16.2 Å². The molecule has 34 heavy (non-hydrogen) atoms. The minimum absolute atomic E-state index is 0.0172. The average Bonchev–Trinajstić information content (AvgIpc) is 3.13. The number of nitrogens with one attached hydrogen (secondary N) is 1. The summed E-state index contributed by atoms with van der Waals surface area (Å²) in [7, 11) is 1.35. The third-order valence-corrected chi connectivity index (χ3v) is 5.13. The lowest BCUT2D eigenvalue weighted by molar-refractivity contribution is -0.147. The molecule has 1 aromatic heterocycles. The number of ether oxygens (including phenoxy) is 1. The number of carbonyl (C=O) groups excluding carboxylic acids is 2. The van der Waals surface area contributed by atoms with Crippen molar-refractivity contribution in [3.05, 3.63) is 70.8 Å². The van der Waals surface area contributed by atoms with Gasteiger partial charge in [0.1, 0.15) is 11.6 Å². The van der Waals surface area contributed by atoms with Crippen LogP contribution in [0.3, 0.4) is 0 Å². The Bertz CT molecular complexity index is 1220. The second-order valence-electron chi connectivity index (χ2n) is 7.38. The van der Waals surface area contributed by atoms with Gasteiger partial charge in [-0.3, -0.25) is 9.59 Å². The van der Waals surface area contributed by atoms with Crippen LogP contribution in [0.4, 0.5) is 23.2 Å². The molecule has 0 aliphatic heterocycles. The van der Waals surface area contributed by atoms with Gasteiger partial charge in [-0.25, -0.2) is 9.07 Å². The van der Waals surface area contributed by atoms with E-state index >= 15 is 0 Å². The molecule has 0 saturated carbocycles. The van der Waals surface area contributed by atoms with E-state index in [0.717, 1.165) is 23.7 Å². The molecule has 3 aromatic rings. The summed E-state index contributed by atoms with van der Waals surface area (Å²) >= 11 is 0. The fourth-order valence-corrected chi connectivity index (χ4v) is 3.24. The smallest absolute Gasteiger partial charge is 0.397 e. The molecule has 3 rings (SSSR count). The number of anilines is 1. The first-order valence-electron chi connectivity index (χ1n) is 9.90. The van der Waals surface area contributed by atoms with Gasteiger partial charge in [-0.2, -0.15) is 18.3 Å². The Balaban J connectivity index is 1.83. The Kier molecular flexibility index (Phi) is 6.80. The van der Waals surface area contributed by atoms with Crippen molar-refractivity contribution in [2.75, 3.05) is 12.8 Å². The molecule has 0 bridgehead atoms. The minimum Gasteiger partial charge on any atom is -0.496 e. The number of benzene rings is 2. The summed E-state index contributed by atoms with van der Waals surface area (Å²) in [5, 5.41) is 6.51. The van der Waals surface area contributed by atoms with Crippen LogP contribution in [0.5, 0.6) is 5.75 Å². The molecule has 2 aromatic carbocycles. The maximum atomic E-state index is 13.5. The van der Waals surface area contributed by atoms with Crippen molar-refractivity contribution in [1.29, 1.82) is 0 Å². The zero-order valence-corrected chi connectivity index (χ0v) is 18.1. The molecule has 0 aliphatic rings. The van der Waals surface area contributed by atoms with Crippen LogP contribution in [0.25, 0.3) is 5.69 Å². The second kappa shape index (κ2) is 9.41. The van der Waals surface area contributed by atoms with Crippen molar-refractivity contribution in [3.63, 3.8) is 0 Å². The number of halogens is 4. The van der Waals surface area contributed by atoms with Gasteiger partial charge in [0.25, 0.3) is 11.8 Å².